The van der Waals surface area contributed by atoms with Crippen molar-refractivity contribution in [1.82, 2.24) is 0 Å². The molecular weight excluding hydrogens is 697 g/mol. The average molecular weight is 783 g/mol. The minimum absolute atomic E-state index is 0.0858. The van der Waals surface area contributed by atoms with Crippen LogP contribution in [0, 0.1) is 0 Å². The van der Waals surface area contributed by atoms with E-state index in [1.807, 2.05) is 21.1 Å². The molecule has 0 aliphatic rings. The third-order valence-corrected chi connectivity index (χ3v) is 10.1. The molecule has 54 heavy (non-hydrogen) atoms. The van der Waals surface area contributed by atoms with Crippen LogP contribution >= 0.6 is 7.82 Å². The molecule has 0 bridgehead atoms. The fraction of sp³-hybridized carbons (Fsp3) is 0.800. The van der Waals surface area contributed by atoms with Crippen molar-refractivity contribution < 1.29 is 37.3 Å². The predicted octanol–water partition coefficient (Wildman–Crippen LogP) is 12.8. The molecule has 0 heterocycles. The first-order chi connectivity index (χ1) is 26.1. The lowest BCUT2D eigenvalue weighted by molar-refractivity contribution is -0.870. The monoisotopic (exact) mass is 783 g/mol. The van der Waals surface area contributed by atoms with E-state index in [-0.39, 0.29) is 25.8 Å². The molecule has 316 valence electrons. The van der Waals surface area contributed by atoms with E-state index in [1.54, 1.807) is 0 Å². The maximum atomic E-state index is 12.7. The Labute approximate surface area is 333 Å². The molecule has 0 rings (SSSR count). The number of nitrogens with zero attached hydrogens (tertiary/aromatic N) is 1. The normalized spacial score (nSPS) is 14.3. The van der Waals surface area contributed by atoms with Crippen LogP contribution in [0.15, 0.2) is 48.6 Å². The Kier molecular flexibility index (Phi) is 37.2. The maximum absolute atomic E-state index is 12.7. The third-order valence-electron chi connectivity index (χ3n) is 9.15. The first kappa shape index (κ1) is 52.5. The van der Waals surface area contributed by atoms with Crippen molar-refractivity contribution in [3.8, 4) is 0 Å². The molecule has 9 heteroatoms. The highest BCUT2D eigenvalue weighted by molar-refractivity contribution is 7.47. The zero-order valence-electron chi connectivity index (χ0n) is 35.7. The Bertz CT molecular complexity index is 1000. The summed E-state index contributed by atoms with van der Waals surface area (Å²) in [5.74, 6) is -0.319. The SMILES string of the molecule is CC/C=C\C/C=C\C/C=C\C/C=C\CCCCCCCCCOCC(COP(=O)(O)OCC[N+](C)(C)C)OC(=O)CCCCCCCCCCCCCC. The second-order valence-electron chi connectivity index (χ2n) is 15.7. The van der Waals surface area contributed by atoms with Crippen LogP contribution in [0.1, 0.15) is 174 Å². The third kappa shape index (κ3) is 41.6. The highest BCUT2D eigenvalue weighted by Gasteiger charge is 2.26. The summed E-state index contributed by atoms with van der Waals surface area (Å²) in [5.41, 5.74) is 0. The van der Waals surface area contributed by atoms with Gasteiger partial charge in [-0.2, -0.15) is 0 Å². The van der Waals surface area contributed by atoms with Gasteiger partial charge in [0.05, 0.1) is 34.4 Å². The second-order valence-corrected chi connectivity index (χ2v) is 17.2. The van der Waals surface area contributed by atoms with Crippen molar-refractivity contribution in [3.05, 3.63) is 48.6 Å². The van der Waals surface area contributed by atoms with Crippen LogP contribution < -0.4 is 0 Å². The topological polar surface area (TPSA) is 91.3 Å². The number of hydrogen-bond donors (Lipinski definition) is 1. The quantitative estimate of drug-likeness (QED) is 0.0218. The number of carbonyl (C=O) groups excluding carboxylic acids is 1. The molecule has 0 aliphatic heterocycles. The van der Waals surface area contributed by atoms with Crippen LogP contribution in [0.2, 0.25) is 0 Å². The number of ether oxygens (including phenoxy) is 2. The van der Waals surface area contributed by atoms with Crippen molar-refractivity contribution in [3.63, 3.8) is 0 Å². The van der Waals surface area contributed by atoms with Gasteiger partial charge in [0, 0.05) is 13.0 Å². The summed E-state index contributed by atoms with van der Waals surface area (Å²) < 4.78 is 35.0. The number of allylic oxidation sites excluding steroid dienone is 8. The number of rotatable bonds is 40. The van der Waals surface area contributed by atoms with Gasteiger partial charge in [0.2, 0.25) is 0 Å². The largest absolute Gasteiger partial charge is 0.472 e. The molecule has 2 atom stereocenters. The average Bonchev–Trinajstić information content (AvgIpc) is 3.12. The molecule has 0 aromatic rings. The Morgan fingerprint density at radius 2 is 1.07 bits per heavy atom. The molecule has 0 aromatic heterocycles. The molecule has 0 fully saturated rings. The van der Waals surface area contributed by atoms with E-state index >= 15 is 0 Å². The number of hydrogen-bond acceptors (Lipinski definition) is 6. The number of phosphoric ester groups is 1. The lowest BCUT2D eigenvalue weighted by Crippen LogP contribution is -2.37. The smallest absolute Gasteiger partial charge is 0.457 e. The summed E-state index contributed by atoms with van der Waals surface area (Å²) in [7, 11) is 1.66. The van der Waals surface area contributed by atoms with Crippen LogP contribution in [0.3, 0.4) is 0 Å². The predicted molar refractivity (Wildman–Crippen MR) is 229 cm³/mol. The number of unbranched alkanes of at least 4 members (excludes halogenated alkanes) is 18. The van der Waals surface area contributed by atoms with Gasteiger partial charge >= 0.3 is 13.8 Å². The Hall–Kier alpha value is -1.54. The summed E-state index contributed by atoms with van der Waals surface area (Å²) >= 11 is 0. The fourth-order valence-electron chi connectivity index (χ4n) is 5.78. The highest BCUT2D eigenvalue weighted by atomic mass is 31.2. The summed E-state index contributed by atoms with van der Waals surface area (Å²) in [6, 6.07) is 0. The molecular formula is C45H85NO7P+. The zero-order valence-corrected chi connectivity index (χ0v) is 36.6. The Balaban J connectivity index is 4.22. The summed E-state index contributed by atoms with van der Waals surface area (Å²) in [6.07, 6.45) is 45.7. The molecule has 0 radical (unpaired) electrons. The van der Waals surface area contributed by atoms with E-state index < -0.39 is 13.9 Å². The van der Waals surface area contributed by atoms with Crippen molar-refractivity contribution >= 4 is 13.8 Å². The van der Waals surface area contributed by atoms with Crippen molar-refractivity contribution in [2.24, 2.45) is 0 Å². The molecule has 0 aliphatic carbocycles. The number of esters is 1. The van der Waals surface area contributed by atoms with Crippen LogP contribution in [-0.2, 0) is 27.9 Å². The van der Waals surface area contributed by atoms with Gasteiger partial charge in [0.25, 0.3) is 0 Å². The Morgan fingerprint density at radius 3 is 1.61 bits per heavy atom. The molecule has 0 saturated heterocycles. The molecule has 2 unspecified atom stereocenters. The van der Waals surface area contributed by atoms with Gasteiger partial charge in [-0.25, -0.2) is 4.57 Å². The maximum Gasteiger partial charge on any atom is 0.472 e. The highest BCUT2D eigenvalue weighted by Crippen LogP contribution is 2.43. The van der Waals surface area contributed by atoms with E-state index in [4.69, 9.17) is 18.5 Å². The van der Waals surface area contributed by atoms with Gasteiger partial charge in [-0.05, 0) is 51.4 Å². The van der Waals surface area contributed by atoms with E-state index in [2.05, 4.69) is 62.5 Å². The molecule has 0 amide bonds. The molecule has 0 spiro atoms. The standard InChI is InChI=1S/C45H84NO7P/c1-6-8-10-12-14-16-18-20-21-22-23-24-25-26-27-29-31-33-35-37-40-50-42-44(43-52-54(48,49)51-41-39-46(3,4)5)53-45(47)38-36-34-32-30-28-19-17-15-13-11-9-7-2/h8,10,14,16,20-21,23-24,44H,6-7,9,11-13,15,17-19,22,25-43H2,1-5H3/p+1/b10-8-,16-14-,21-20-,24-23-. The lowest BCUT2D eigenvalue weighted by atomic mass is 10.0. The number of likely N-dealkylation sites (N-methyl/N-ethyl adjacent to an activating group) is 1. The molecule has 1 N–H and O–H groups in total. The lowest BCUT2D eigenvalue weighted by Gasteiger charge is -2.24. The number of phosphoric acid groups is 1. The van der Waals surface area contributed by atoms with Gasteiger partial charge in [-0.1, -0.05) is 165 Å². The summed E-state index contributed by atoms with van der Waals surface area (Å²) in [6.45, 7) is 5.48. The minimum Gasteiger partial charge on any atom is -0.457 e. The first-order valence-electron chi connectivity index (χ1n) is 21.9. The van der Waals surface area contributed by atoms with E-state index in [0.29, 0.717) is 24.1 Å². The number of carbonyl (C=O) groups is 1. The summed E-state index contributed by atoms with van der Waals surface area (Å²) in [5, 5.41) is 0. The van der Waals surface area contributed by atoms with E-state index in [0.717, 1.165) is 64.2 Å². The van der Waals surface area contributed by atoms with Gasteiger partial charge < -0.3 is 18.9 Å². The second kappa shape index (κ2) is 38.3. The van der Waals surface area contributed by atoms with Gasteiger partial charge in [-0.3, -0.25) is 13.8 Å². The zero-order chi connectivity index (χ0) is 39.9. The van der Waals surface area contributed by atoms with E-state index in [1.165, 1.54) is 89.9 Å². The number of quaternary nitrogens is 1. The summed E-state index contributed by atoms with van der Waals surface area (Å²) in [4.78, 5) is 22.8. The molecule has 8 nitrogen and oxygen atoms in total. The van der Waals surface area contributed by atoms with E-state index in [9.17, 15) is 14.3 Å². The van der Waals surface area contributed by atoms with Gasteiger partial charge in [0.15, 0.2) is 0 Å². The van der Waals surface area contributed by atoms with Crippen LogP contribution in [0.4, 0.5) is 0 Å². The van der Waals surface area contributed by atoms with Gasteiger partial charge in [-0.15, -0.1) is 0 Å². The van der Waals surface area contributed by atoms with Crippen LogP contribution in [0.25, 0.3) is 0 Å². The van der Waals surface area contributed by atoms with Crippen LogP contribution in [-0.4, -0.2) is 75.6 Å². The van der Waals surface area contributed by atoms with Crippen molar-refractivity contribution in [2.75, 3.05) is 54.1 Å². The van der Waals surface area contributed by atoms with Crippen molar-refractivity contribution in [2.45, 2.75) is 180 Å². The Morgan fingerprint density at radius 1 is 0.593 bits per heavy atom. The molecule has 0 saturated carbocycles. The molecule has 0 aromatic carbocycles. The van der Waals surface area contributed by atoms with Crippen LogP contribution in [0.5, 0.6) is 0 Å². The van der Waals surface area contributed by atoms with Gasteiger partial charge in [0.1, 0.15) is 19.3 Å². The minimum atomic E-state index is -4.27. The van der Waals surface area contributed by atoms with Crippen molar-refractivity contribution in [1.29, 1.82) is 0 Å². The fourth-order valence-corrected chi connectivity index (χ4v) is 6.52. The first-order valence-corrected chi connectivity index (χ1v) is 23.4.